The van der Waals surface area contributed by atoms with Crippen molar-refractivity contribution in [2.45, 2.75) is 118 Å². The number of ether oxygens (including phenoxy) is 1. The zero-order valence-electron chi connectivity index (χ0n) is 21.4. The summed E-state index contributed by atoms with van der Waals surface area (Å²) in [7, 11) is -3.67. The topological polar surface area (TPSA) is 78.0 Å². The van der Waals surface area contributed by atoms with Gasteiger partial charge in [-0.2, -0.15) is 0 Å². The Morgan fingerprint density at radius 1 is 1.03 bits per heavy atom. The lowest BCUT2D eigenvalue weighted by molar-refractivity contribution is 0.0106. The van der Waals surface area contributed by atoms with E-state index in [1.807, 2.05) is 68.4 Å². The minimum Gasteiger partial charge on any atom is -0.444 e. The van der Waals surface area contributed by atoms with Crippen LogP contribution in [0.3, 0.4) is 0 Å². The second-order valence-electron chi connectivity index (χ2n) is 11.4. The van der Waals surface area contributed by atoms with Gasteiger partial charge in [-0.05, 0) is 80.4 Å². The smallest absolute Gasteiger partial charge is 0.410 e. The molecule has 2 heterocycles. The number of aromatic nitrogens is 1. The fraction of sp³-hybridized carbons (Fsp3) is 0.750. The quantitative estimate of drug-likeness (QED) is 0.494. The molecule has 0 aromatic carbocycles. The minimum atomic E-state index is -3.67. The van der Waals surface area contributed by atoms with E-state index in [2.05, 4.69) is 6.92 Å². The van der Waals surface area contributed by atoms with Gasteiger partial charge in [-0.25, -0.2) is 9.78 Å². The largest absolute Gasteiger partial charge is 0.444 e. The lowest BCUT2D eigenvalue weighted by Gasteiger charge is -2.38. The van der Waals surface area contributed by atoms with Crippen LogP contribution in [0.25, 0.3) is 0 Å². The molecule has 182 valence electrons. The van der Waals surface area contributed by atoms with Gasteiger partial charge in [-0.15, -0.1) is 0 Å². The van der Waals surface area contributed by atoms with Crippen molar-refractivity contribution in [2.75, 3.05) is 0 Å². The van der Waals surface area contributed by atoms with Gasteiger partial charge in [-0.3, -0.25) is 13.6 Å². The zero-order chi connectivity index (χ0) is 24.5. The SMILES string of the molecule is CCCC1Cc2nc(P(=O)(OC(C)(C)C)OC(C)(C)C)ccc2CN1C(=O)OC(C)(C)C. The molecule has 2 rings (SSSR count). The second-order valence-corrected chi connectivity index (χ2v) is 13.3. The first-order chi connectivity index (χ1) is 14.4. The Bertz CT molecular complexity index is 845. The van der Waals surface area contributed by atoms with Crippen LogP contribution in [-0.4, -0.2) is 38.8 Å². The maximum absolute atomic E-state index is 13.9. The second kappa shape index (κ2) is 9.44. The third-order valence-corrected chi connectivity index (χ3v) is 6.97. The highest BCUT2D eigenvalue weighted by atomic mass is 31.2. The Balaban J connectivity index is 2.43. The van der Waals surface area contributed by atoms with Crippen molar-refractivity contribution in [1.82, 2.24) is 9.88 Å². The van der Waals surface area contributed by atoms with Crippen LogP contribution < -0.4 is 5.44 Å². The zero-order valence-corrected chi connectivity index (χ0v) is 22.3. The van der Waals surface area contributed by atoms with Crippen LogP contribution in [0.15, 0.2) is 12.1 Å². The third-order valence-electron chi connectivity index (χ3n) is 4.58. The fourth-order valence-corrected chi connectivity index (χ4v) is 5.76. The van der Waals surface area contributed by atoms with Crippen LogP contribution in [0.1, 0.15) is 93.3 Å². The van der Waals surface area contributed by atoms with E-state index in [4.69, 9.17) is 18.8 Å². The van der Waals surface area contributed by atoms with Gasteiger partial charge < -0.3 is 9.64 Å². The van der Waals surface area contributed by atoms with Crippen molar-refractivity contribution < 1.29 is 23.1 Å². The van der Waals surface area contributed by atoms with Crippen molar-refractivity contribution in [3.05, 3.63) is 23.4 Å². The van der Waals surface area contributed by atoms with Crippen LogP contribution >= 0.6 is 7.60 Å². The Labute approximate surface area is 193 Å². The molecule has 0 saturated heterocycles. The first kappa shape index (κ1) is 26.8. The molecule has 7 nitrogen and oxygen atoms in total. The molecular formula is C24H41N2O5P. The average molecular weight is 469 g/mol. The summed E-state index contributed by atoms with van der Waals surface area (Å²) in [5.41, 5.74) is 0.160. The summed E-state index contributed by atoms with van der Waals surface area (Å²) in [6.45, 7) is 19.2. The van der Waals surface area contributed by atoms with E-state index in [1.54, 1.807) is 11.0 Å². The first-order valence-corrected chi connectivity index (χ1v) is 13.0. The van der Waals surface area contributed by atoms with Gasteiger partial charge in [-0.1, -0.05) is 19.4 Å². The number of carbonyl (C=O) groups excluding carboxylic acids is 1. The number of nitrogens with zero attached hydrogens (tertiary/aromatic N) is 2. The normalized spacial score (nSPS) is 17.8. The molecule has 0 N–H and O–H groups in total. The molecule has 1 aliphatic heterocycles. The first-order valence-electron chi connectivity index (χ1n) is 11.4. The summed E-state index contributed by atoms with van der Waals surface area (Å²) < 4.78 is 31.4. The van der Waals surface area contributed by atoms with Gasteiger partial charge in [0.25, 0.3) is 0 Å². The molecule has 8 heteroatoms. The molecular weight excluding hydrogens is 427 g/mol. The molecule has 1 aromatic rings. The van der Waals surface area contributed by atoms with E-state index >= 15 is 0 Å². The van der Waals surface area contributed by atoms with Crippen molar-refractivity contribution in [1.29, 1.82) is 0 Å². The molecule has 1 unspecified atom stereocenters. The van der Waals surface area contributed by atoms with Crippen LogP contribution in [0, 0.1) is 0 Å². The number of amides is 1. The van der Waals surface area contributed by atoms with Gasteiger partial charge in [0.2, 0.25) is 0 Å². The molecule has 32 heavy (non-hydrogen) atoms. The number of carbonyl (C=O) groups is 1. The predicted molar refractivity (Wildman–Crippen MR) is 127 cm³/mol. The highest BCUT2D eigenvalue weighted by Gasteiger charge is 2.40. The summed E-state index contributed by atoms with van der Waals surface area (Å²) in [5, 5.41) is 0. The van der Waals surface area contributed by atoms with E-state index in [1.165, 1.54) is 0 Å². The number of hydrogen-bond acceptors (Lipinski definition) is 6. The maximum Gasteiger partial charge on any atom is 0.410 e. The molecule has 1 aromatic heterocycles. The van der Waals surface area contributed by atoms with Crippen molar-refractivity contribution >= 4 is 19.1 Å². The Morgan fingerprint density at radius 3 is 2.06 bits per heavy atom. The predicted octanol–water partition coefficient (Wildman–Crippen LogP) is 5.99. The van der Waals surface area contributed by atoms with Crippen LogP contribution in [0.4, 0.5) is 4.79 Å². The molecule has 1 amide bonds. The maximum atomic E-state index is 13.9. The Morgan fingerprint density at radius 2 is 1.59 bits per heavy atom. The summed E-state index contributed by atoms with van der Waals surface area (Å²) in [5.74, 6) is 0. The molecule has 0 bridgehead atoms. The van der Waals surface area contributed by atoms with E-state index < -0.39 is 24.4 Å². The Kier molecular flexibility index (Phi) is 7.91. The standard InChI is InChI=1S/C24H41N2O5P/c1-11-12-18-15-19-17(16-26(18)21(27)29-22(2,3)4)13-14-20(25-19)32(28,30-23(5,6)7)31-24(8,9)10/h13-14,18H,11-12,15-16H2,1-10H3. The van der Waals surface area contributed by atoms with Crippen molar-refractivity contribution in [3.8, 4) is 0 Å². The molecule has 0 spiro atoms. The van der Waals surface area contributed by atoms with Crippen LogP contribution in [0.5, 0.6) is 0 Å². The van der Waals surface area contributed by atoms with Crippen LogP contribution in [-0.2, 0) is 31.3 Å². The van der Waals surface area contributed by atoms with Gasteiger partial charge in [0.05, 0.1) is 17.7 Å². The summed E-state index contributed by atoms with van der Waals surface area (Å²) >= 11 is 0. The average Bonchev–Trinajstić information content (AvgIpc) is 2.56. The lowest BCUT2D eigenvalue weighted by Crippen LogP contribution is -2.47. The van der Waals surface area contributed by atoms with Gasteiger partial charge in [0.1, 0.15) is 5.60 Å². The minimum absolute atomic E-state index is 0.0310. The van der Waals surface area contributed by atoms with Gasteiger partial charge >= 0.3 is 13.7 Å². The van der Waals surface area contributed by atoms with Gasteiger partial charge in [0.15, 0.2) is 5.44 Å². The summed E-state index contributed by atoms with van der Waals surface area (Å²) in [6, 6.07) is 3.54. The number of hydrogen-bond donors (Lipinski definition) is 0. The molecule has 0 radical (unpaired) electrons. The van der Waals surface area contributed by atoms with Crippen molar-refractivity contribution in [2.24, 2.45) is 0 Å². The number of rotatable bonds is 5. The molecule has 0 aliphatic carbocycles. The number of fused-ring (bicyclic) bond motifs is 1. The highest BCUT2D eigenvalue weighted by molar-refractivity contribution is 7.62. The van der Waals surface area contributed by atoms with E-state index in [0.29, 0.717) is 18.4 Å². The monoisotopic (exact) mass is 468 g/mol. The van der Waals surface area contributed by atoms with E-state index in [-0.39, 0.29) is 12.1 Å². The molecule has 0 fully saturated rings. The molecule has 0 saturated carbocycles. The number of pyridine rings is 1. The van der Waals surface area contributed by atoms with Crippen molar-refractivity contribution in [3.63, 3.8) is 0 Å². The molecule has 1 atom stereocenters. The molecule has 1 aliphatic rings. The van der Waals surface area contributed by atoms with E-state index in [0.717, 1.165) is 24.1 Å². The van der Waals surface area contributed by atoms with Crippen LogP contribution in [0.2, 0.25) is 0 Å². The van der Waals surface area contributed by atoms with E-state index in [9.17, 15) is 9.36 Å². The van der Waals surface area contributed by atoms with Gasteiger partial charge in [0, 0.05) is 18.2 Å². The third kappa shape index (κ3) is 7.57. The lowest BCUT2D eigenvalue weighted by atomic mass is 9.96. The Hall–Kier alpha value is -1.43. The summed E-state index contributed by atoms with van der Waals surface area (Å²) in [4.78, 5) is 19.4. The fourth-order valence-electron chi connectivity index (χ4n) is 3.60. The highest BCUT2D eigenvalue weighted by Crippen LogP contribution is 2.53. The summed E-state index contributed by atoms with van der Waals surface area (Å²) in [6.07, 6.45) is 2.02.